The van der Waals surface area contributed by atoms with E-state index in [1.165, 1.54) is 0 Å². The Balaban J connectivity index is 2.44. The van der Waals surface area contributed by atoms with Gasteiger partial charge in [0.2, 0.25) is 5.95 Å². The summed E-state index contributed by atoms with van der Waals surface area (Å²) in [6.45, 7) is 12.6. The standard InChI is InChI=1S/C12H24N4/c1-5-16(6-2)12-14-9-11(15-12)8-13-7-10(3)4/h9-10,13H,5-8H2,1-4H3,(H,14,15). The number of aromatic amines is 1. The molecule has 1 rings (SSSR count). The highest BCUT2D eigenvalue weighted by Crippen LogP contribution is 2.08. The van der Waals surface area contributed by atoms with Crippen LogP contribution in [0.15, 0.2) is 6.20 Å². The van der Waals surface area contributed by atoms with Crippen molar-refractivity contribution in [2.45, 2.75) is 34.2 Å². The number of nitrogens with zero attached hydrogens (tertiary/aromatic N) is 2. The zero-order chi connectivity index (χ0) is 12.0. The van der Waals surface area contributed by atoms with Crippen molar-refractivity contribution in [2.24, 2.45) is 5.92 Å². The third-order valence-electron chi connectivity index (χ3n) is 2.55. The van der Waals surface area contributed by atoms with Crippen molar-refractivity contribution in [1.82, 2.24) is 15.3 Å². The highest BCUT2D eigenvalue weighted by molar-refractivity contribution is 5.30. The SMILES string of the molecule is CCN(CC)c1ncc(CNCC(C)C)[nH]1. The zero-order valence-electron chi connectivity index (χ0n) is 10.9. The lowest BCUT2D eigenvalue weighted by molar-refractivity contribution is 0.549. The van der Waals surface area contributed by atoms with Crippen molar-refractivity contribution in [3.63, 3.8) is 0 Å². The van der Waals surface area contributed by atoms with Gasteiger partial charge in [0.25, 0.3) is 0 Å². The molecule has 0 aliphatic heterocycles. The van der Waals surface area contributed by atoms with Gasteiger partial charge >= 0.3 is 0 Å². The molecule has 0 saturated carbocycles. The van der Waals surface area contributed by atoms with Crippen molar-refractivity contribution in [3.05, 3.63) is 11.9 Å². The smallest absolute Gasteiger partial charge is 0.202 e. The van der Waals surface area contributed by atoms with Crippen LogP contribution in [0.3, 0.4) is 0 Å². The molecule has 0 aliphatic carbocycles. The second kappa shape index (κ2) is 6.53. The average Bonchev–Trinajstić information content (AvgIpc) is 2.68. The van der Waals surface area contributed by atoms with Gasteiger partial charge in [0, 0.05) is 19.6 Å². The van der Waals surface area contributed by atoms with Gasteiger partial charge in [0.15, 0.2) is 0 Å². The maximum absolute atomic E-state index is 4.39. The number of anilines is 1. The first-order chi connectivity index (χ1) is 7.67. The van der Waals surface area contributed by atoms with Crippen LogP contribution in [0.1, 0.15) is 33.4 Å². The van der Waals surface area contributed by atoms with Crippen LogP contribution in [-0.4, -0.2) is 29.6 Å². The topological polar surface area (TPSA) is 44.0 Å². The number of aromatic nitrogens is 2. The van der Waals surface area contributed by atoms with E-state index in [0.717, 1.165) is 37.8 Å². The third-order valence-corrected chi connectivity index (χ3v) is 2.55. The van der Waals surface area contributed by atoms with Gasteiger partial charge in [-0.15, -0.1) is 0 Å². The lowest BCUT2D eigenvalue weighted by Crippen LogP contribution is -2.23. The molecule has 0 atom stereocenters. The summed E-state index contributed by atoms with van der Waals surface area (Å²) in [6.07, 6.45) is 1.92. The highest BCUT2D eigenvalue weighted by atomic mass is 15.3. The molecular weight excluding hydrogens is 200 g/mol. The van der Waals surface area contributed by atoms with Crippen LogP contribution in [0.4, 0.5) is 5.95 Å². The molecule has 0 fully saturated rings. The van der Waals surface area contributed by atoms with Crippen molar-refractivity contribution in [2.75, 3.05) is 24.5 Å². The van der Waals surface area contributed by atoms with E-state index in [2.05, 4.69) is 47.9 Å². The number of hydrogen-bond donors (Lipinski definition) is 2. The lowest BCUT2D eigenvalue weighted by atomic mass is 10.2. The Bertz CT molecular complexity index is 289. The Kier molecular flexibility index (Phi) is 5.32. The molecule has 0 amide bonds. The van der Waals surface area contributed by atoms with Gasteiger partial charge in [0.05, 0.1) is 11.9 Å². The van der Waals surface area contributed by atoms with E-state index in [9.17, 15) is 0 Å². The maximum Gasteiger partial charge on any atom is 0.202 e. The minimum Gasteiger partial charge on any atom is -0.343 e. The van der Waals surface area contributed by atoms with Gasteiger partial charge in [-0.05, 0) is 26.3 Å². The summed E-state index contributed by atoms with van der Waals surface area (Å²) in [5.41, 5.74) is 1.16. The molecule has 0 unspecified atom stereocenters. The summed E-state index contributed by atoms with van der Waals surface area (Å²) >= 11 is 0. The molecule has 0 saturated heterocycles. The zero-order valence-corrected chi connectivity index (χ0v) is 10.9. The van der Waals surface area contributed by atoms with Gasteiger partial charge in [-0.25, -0.2) is 4.98 Å². The molecule has 1 aromatic heterocycles. The molecule has 92 valence electrons. The van der Waals surface area contributed by atoms with Crippen LogP contribution in [0.2, 0.25) is 0 Å². The van der Waals surface area contributed by atoms with Crippen LogP contribution in [0.25, 0.3) is 0 Å². The van der Waals surface area contributed by atoms with E-state index in [1.54, 1.807) is 0 Å². The van der Waals surface area contributed by atoms with Crippen molar-refractivity contribution >= 4 is 5.95 Å². The molecule has 2 N–H and O–H groups in total. The minimum atomic E-state index is 0.685. The van der Waals surface area contributed by atoms with E-state index in [4.69, 9.17) is 0 Å². The summed E-state index contributed by atoms with van der Waals surface area (Å²) in [7, 11) is 0. The second-order valence-corrected chi connectivity index (χ2v) is 4.43. The molecule has 16 heavy (non-hydrogen) atoms. The number of imidazole rings is 1. The second-order valence-electron chi connectivity index (χ2n) is 4.43. The molecule has 0 aromatic carbocycles. The molecule has 4 heteroatoms. The first kappa shape index (κ1) is 13.0. The number of rotatable bonds is 7. The van der Waals surface area contributed by atoms with Gasteiger partial charge in [-0.2, -0.15) is 0 Å². The molecule has 0 radical (unpaired) electrons. The fourth-order valence-corrected chi connectivity index (χ4v) is 1.62. The molecule has 0 aliphatic rings. The van der Waals surface area contributed by atoms with E-state index in [0.29, 0.717) is 5.92 Å². The van der Waals surface area contributed by atoms with Crippen molar-refractivity contribution in [3.8, 4) is 0 Å². The van der Waals surface area contributed by atoms with Gasteiger partial charge in [0.1, 0.15) is 0 Å². The van der Waals surface area contributed by atoms with E-state index >= 15 is 0 Å². The van der Waals surface area contributed by atoms with Crippen LogP contribution < -0.4 is 10.2 Å². The predicted octanol–water partition coefficient (Wildman–Crippen LogP) is 2.00. The normalized spacial score (nSPS) is 11.1. The summed E-state index contributed by atoms with van der Waals surface area (Å²) in [5, 5.41) is 3.40. The van der Waals surface area contributed by atoms with Crippen LogP contribution in [0, 0.1) is 5.92 Å². The summed E-state index contributed by atoms with van der Waals surface area (Å²) in [4.78, 5) is 9.94. The van der Waals surface area contributed by atoms with Crippen LogP contribution in [-0.2, 0) is 6.54 Å². The quantitative estimate of drug-likeness (QED) is 0.744. The Labute approximate surface area is 98.5 Å². The lowest BCUT2D eigenvalue weighted by Gasteiger charge is -2.16. The number of hydrogen-bond acceptors (Lipinski definition) is 3. The summed E-state index contributed by atoms with van der Waals surface area (Å²) < 4.78 is 0. The van der Waals surface area contributed by atoms with Crippen LogP contribution >= 0.6 is 0 Å². The predicted molar refractivity (Wildman–Crippen MR) is 68.7 cm³/mol. The third kappa shape index (κ3) is 3.85. The number of nitrogens with one attached hydrogen (secondary N) is 2. The monoisotopic (exact) mass is 224 g/mol. The van der Waals surface area contributed by atoms with E-state index in [1.807, 2.05) is 6.20 Å². The summed E-state index contributed by atoms with van der Waals surface area (Å²) in [6, 6.07) is 0. The van der Waals surface area contributed by atoms with E-state index in [-0.39, 0.29) is 0 Å². The highest BCUT2D eigenvalue weighted by Gasteiger charge is 2.06. The number of H-pyrrole nitrogens is 1. The Morgan fingerprint density at radius 3 is 2.62 bits per heavy atom. The van der Waals surface area contributed by atoms with Gasteiger partial charge < -0.3 is 15.2 Å². The average molecular weight is 224 g/mol. The Morgan fingerprint density at radius 2 is 2.06 bits per heavy atom. The van der Waals surface area contributed by atoms with Gasteiger partial charge in [-0.3, -0.25) is 0 Å². The fourth-order valence-electron chi connectivity index (χ4n) is 1.62. The van der Waals surface area contributed by atoms with Crippen molar-refractivity contribution in [1.29, 1.82) is 0 Å². The van der Waals surface area contributed by atoms with E-state index < -0.39 is 0 Å². The first-order valence-electron chi connectivity index (χ1n) is 6.16. The van der Waals surface area contributed by atoms with Crippen LogP contribution in [0.5, 0.6) is 0 Å². The van der Waals surface area contributed by atoms with Crippen molar-refractivity contribution < 1.29 is 0 Å². The Hall–Kier alpha value is -1.03. The molecule has 1 aromatic rings. The molecular formula is C12H24N4. The fraction of sp³-hybridized carbons (Fsp3) is 0.750. The molecule has 0 bridgehead atoms. The maximum atomic E-state index is 4.39. The molecule has 0 spiro atoms. The Morgan fingerprint density at radius 1 is 1.38 bits per heavy atom. The first-order valence-corrected chi connectivity index (χ1v) is 6.16. The largest absolute Gasteiger partial charge is 0.343 e. The molecule has 4 nitrogen and oxygen atoms in total. The van der Waals surface area contributed by atoms with Gasteiger partial charge in [-0.1, -0.05) is 13.8 Å². The molecule has 1 heterocycles. The summed E-state index contributed by atoms with van der Waals surface area (Å²) in [5.74, 6) is 1.66. The minimum absolute atomic E-state index is 0.685.